The number of thiazole rings is 1. The standard InChI is InChI=1S/C11H14N2OS/c1-2-12-8-10-9(3-5-14-10)7-11-13-4-6-15-11/h3-6,12H,2,7-8H2,1H3. The van der Waals surface area contributed by atoms with Crippen LogP contribution in [0.5, 0.6) is 0 Å². The number of hydrogen-bond donors (Lipinski definition) is 1. The Hall–Kier alpha value is -1.13. The first-order valence-corrected chi connectivity index (χ1v) is 5.92. The van der Waals surface area contributed by atoms with Gasteiger partial charge in [-0.25, -0.2) is 4.98 Å². The van der Waals surface area contributed by atoms with Crippen molar-refractivity contribution < 1.29 is 4.42 Å². The zero-order valence-electron chi connectivity index (χ0n) is 8.69. The fourth-order valence-electron chi connectivity index (χ4n) is 1.42. The normalized spacial score (nSPS) is 10.7. The molecule has 2 aromatic rings. The largest absolute Gasteiger partial charge is 0.468 e. The van der Waals surface area contributed by atoms with Gasteiger partial charge in [0.1, 0.15) is 5.76 Å². The molecule has 15 heavy (non-hydrogen) atoms. The van der Waals surface area contributed by atoms with Crippen LogP contribution in [0.4, 0.5) is 0 Å². The van der Waals surface area contributed by atoms with Crippen LogP contribution in [0.25, 0.3) is 0 Å². The third-order valence-corrected chi connectivity index (χ3v) is 2.98. The number of furan rings is 1. The molecule has 2 heterocycles. The van der Waals surface area contributed by atoms with E-state index in [9.17, 15) is 0 Å². The van der Waals surface area contributed by atoms with Gasteiger partial charge in [-0.1, -0.05) is 6.92 Å². The molecule has 0 saturated carbocycles. The van der Waals surface area contributed by atoms with E-state index in [-0.39, 0.29) is 0 Å². The molecule has 4 heteroatoms. The number of hydrogen-bond acceptors (Lipinski definition) is 4. The minimum atomic E-state index is 0.796. The van der Waals surface area contributed by atoms with E-state index in [4.69, 9.17) is 4.42 Å². The Morgan fingerprint density at radius 1 is 1.53 bits per heavy atom. The van der Waals surface area contributed by atoms with Gasteiger partial charge in [-0.2, -0.15) is 0 Å². The molecule has 80 valence electrons. The van der Waals surface area contributed by atoms with Crippen molar-refractivity contribution in [1.82, 2.24) is 10.3 Å². The fraction of sp³-hybridized carbons (Fsp3) is 0.364. The lowest BCUT2D eigenvalue weighted by Crippen LogP contribution is -2.12. The summed E-state index contributed by atoms with van der Waals surface area (Å²) in [6, 6.07) is 2.02. The molecule has 0 saturated heterocycles. The second-order valence-corrected chi connectivity index (χ2v) is 4.23. The van der Waals surface area contributed by atoms with Gasteiger partial charge < -0.3 is 9.73 Å². The van der Waals surface area contributed by atoms with Crippen LogP contribution >= 0.6 is 11.3 Å². The van der Waals surface area contributed by atoms with Crippen molar-refractivity contribution in [2.75, 3.05) is 6.54 Å². The summed E-state index contributed by atoms with van der Waals surface area (Å²) in [4.78, 5) is 4.27. The highest BCUT2D eigenvalue weighted by Crippen LogP contribution is 2.16. The summed E-state index contributed by atoms with van der Waals surface area (Å²) in [5, 5.41) is 6.39. The molecule has 0 aliphatic heterocycles. The third-order valence-electron chi connectivity index (χ3n) is 2.20. The number of nitrogens with zero attached hydrogens (tertiary/aromatic N) is 1. The molecule has 0 aliphatic carbocycles. The zero-order chi connectivity index (χ0) is 10.5. The van der Waals surface area contributed by atoms with Crippen molar-refractivity contribution in [3.05, 3.63) is 40.2 Å². The summed E-state index contributed by atoms with van der Waals surface area (Å²) in [6.07, 6.45) is 4.45. The predicted octanol–water partition coefficient (Wildman–Crippen LogP) is 2.44. The Morgan fingerprint density at radius 2 is 2.47 bits per heavy atom. The quantitative estimate of drug-likeness (QED) is 0.844. The highest BCUT2D eigenvalue weighted by Gasteiger charge is 2.07. The molecule has 0 amide bonds. The van der Waals surface area contributed by atoms with E-state index in [1.165, 1.54) is 5.56 Å². The Balaban J connectivity index is 2.04. The molecule has 0 radical (unpaired) electrons. The Morgan fingerprint density at radius 3 is 3.20 bits per heavy atom. The summed E-state index contributed by atoms with van der Waals surface area (Å²) < 4.78 is 5.43. The first-order chi connectivity index (χ1) is 7.40. The molecule has 0 bridgehead atoms. The van der Waals surface area contributed by atoms with Crippen LogP contribution in [0.15, 0.2) is 28.3 Å². The van der Waals surface area contributed by atoms with Crippen molar-refractivity contribution in [2.45, 2.75) is 19.9 Å². The Kier molecular flexibility index (Phi) is 3.53. The molecular formula is C11H14N2OS. The van der Waals surface area contributed by atoms with Crippen LogP contribution in [0.1, 0.15) is 23.3 Å². The second kappa shape index (κ2) is 5.09. The molecular weight excluding hydrogens is 208 g/mol. The van der Waals surface area contributed by atoms with E-state index in [0.717, 1.165) is 30.3 Å². The van der Waals surface area contributed by atoms with Crippen molar-refractivity contribution in [3.63, 3.8) is 0 Å². The minimum absolute atomic E-state index is 0.796. The van der Waals surface area contributed by atoms with Gasteiger partial charge in [0.2, 0.25) is 0 Å². The first-order valence-electron chi connectivity index (χ1n) is 5.04. The Bertz CT molecular complexity index is 394. The van der Waals surface area contributed by atoms with Crippen molar-refractivity contribution >= 4 is 11.3 Å². The van der Waals surface area contributed by atoms with Gasteiger partial charge in [0.05, 0.1) is 17.8 Å². The second-order valence-electron chi connectivity index (χ2n) is 3.25. The van der Waals surface area contributed by atoms with Crippen LogP contribution < -0.4 is 5.32 Å². The van der Waals surface area contributed by atoms with E-state index in [1.54, 1.807) is 17.6 Å². The highest BCUT2D eigenvalue weighted by atomic mass is 32.1. The lowest BCUT2D eigenvalue weighted by molar-refractivity contribution is 0.483. The van der Waals surface area contributed by atoms with E-state index in [0.29, 0.717) is 0 Å². The van der Waals surface area contributed by atoms with Crippen LogP contribution in [0, 0.1) is 0 Å². The molecule has 2 rings (SSSR count). The van der Waals surface area contributed by atoms with Gasteiger partial charge in [0.25, 0.3) is 0 Å². The van der Waals surface area contributed by atoms with E-state index < -0.39 is 0 Å². The van der Waals surface area contributed by atoms with Gasteiger partial charge in [0, 0.05) is 23.6 Å². The zero-order valence-corrected chi connectivity index (χ0v) is 9.51. The smallest absolute Gasteiger partial charge is 0.121 e. The molecule has 0 fully saturated rings. The summed E-state index contributed by atoms with van der Waals surface area (Å²) >= 11 is 1.68. The predicted molar refractivity (Wildman–Crippen MR) is 61.0 cm³/mol. The van der Waals surface area contributed by atoms with Gasteiger partial charge in [-0.15, -0.1) is 11.3 Å². The topological polar surface area (TPSA) is 38.1 Å². The van der Waals surface area contributed by atoms with Crippen LogP contribution in [-0.4, -0.2) is 11.5 Å². The third kappa shape index (κ3) is 2.67. The van der Waals surface area contributed by atoms with Crippen LogP contribution in [0.2, 0.25) is 0 Å². The lowest BCUT2D eigenvalue weighted by atomic mass is 10.2. The maximum atomic E-state index is 5.43. The van der Waals surface area contributed by atoms with Gasteiger partial charge in [-0.05, 0) is 12.6 Å². The summed E-state index contributed by atoms with van der Waals surface area (Å²) in [7, 11) is 0. The number of nitrogens with one attached hydrogen (secondary N) is 1. The summed E-state index contributed by atoms with van der Waals surface area (Å²) in [5.74, 6) is 1.02. The van der Waals surface area contributed by atoms with Gasteiger partial charge in [-0.3, -0.25) is 0 Å². The number of aromatic nitrogens is 1. The van der Waals surface area contributed by atoms with Crippen LogP contribution in [-0.2, 0) is 13.0 Å². The summed E-state index contributed by atoms with van der Waals surface area (Å²) in [5.41, 5.74) is 1.23. The fourth-order valence-corrected chi connectivity index (χ4v) is 2.06. The van der Waals surface area contributed by atoms with Crippen LogP contribution in [0.3, 0.4) is 0 Å². The van der Waals surface area contributed by atoms with Gasteiger partial charge >= 0.3 is 0 Å². The SMILES string of the molecule is CCNCc1occc1Cc1nccs1. The summed E-state index contributed by atoms with van der Waals surface area (Å²) in [6.45, 7) is 3.84. The molecule has 1 N–H and O–H groups in total. The maximum Gasteiger partial charge on any atom is 0.121 e. The van der Waals surface area contributed by atoms with Crippen molar-refractivity contribution in [1.29, 1.82) is 0 Å². The molecule has 3 nitrogen and oxygen atoms in total. The van der Waals surface area contributed by atoms with Crippen molar-refractivity contribution in [3.8, 4) is 0 Å². The molecule has 0 atom stereocenters. The lowest BCUT2D eigenvalue weighted by Gasteiger charge is -2.01. The Labute approximate surface area is 93.2 Å². The monoisotopic (exact) mass is 222 g/mol. The minimum Gasteiger partial charge on any atom is -0.468 e. The molecule has 0 unspecified atom stereocenters. The average molecular weight is 222 g/mol. The first kappa shape index (κ1) is 10.4. The van der Waals surface area contributed by atoms with E-state index in [2.05, 4.69) is 17.2 Å². The average Bonchev–Trinajstić information content (AvgIpc) is 2.87. The van der Waals surface area contributed by atoms with Crippen molar-refractivity contribution in [2.24, 2.45) is 0 Å². The molecule has 2 aromatic heterocycles. The number of rotatable bonds is 5. The highest BCUT2D eigenvalue weighted by molar-refractivity contribution is 7.09. The van der Waals surface area contributed by atoms with E-state index >= 15 is 0 Å². The van der Waals surface area contributed by atoms with Gasteiger partial charge in [0.15, 0.2) is 0 Å². The molecule has 0 spiro atoms. The van der Waals surface area contributed by atoms with E-state index in [1.807, 2.05) is 17.6 Å². The maximum absolute atomic E-state index is 5.43. The molecule has 0 aromatic carbocycles. The molecule has 0 aliphatic rings.